The molecular weight excluding hydrogens is 203 g/mol. The molecule has 0 bridgehead atoms. The van der Waals surface area contributed by atoms with Crippen LogP contribution in [0.2, 0.25) is 0 Å². The Bertz CT molecular complexity index is 441. The summed E-state index contributed by atoms with van der Waals surface area (Å²) in [6.45, 7) is 0. The second-order valence-electron chi connectivity index (χ2n) is 3.21. The van der Waals surface area contributed by atoms with E-state index in [9.17, 15) is 4.39 Å². The molecule has 0 aliphatic heterocycles. The monoisotopic (exact) mass is 218 g/mol. The van der Waals surface area contributed by atoms with Gasteiger partial charge < -0.3 is 11.5 Å². The average molecular weight is 218 g/mol. The second-order valence-corrected chi connectivity index (χ2v) is 3.21. The lowest BCUT2D eigenvalue weighted by Crippen LogP contribution is -1.94. The summed E-state index contributed by atoms with van der Waals surface area (Å²) in [5.74, 6) is 0. The molecule has 0 saturated heterocycles. The Kier molecular flexibility index (Phi) is 4.33. The van der Waals surface area contributed by atoms with Crippen molar-refractivity contribution in [2.75, 3.05) is 18.6 Å². The molecular formula is C13H15FN2. The van der Waals surface area contributed by atoms with Gasteiger partial charge in [0.2, 0.25) is 0 Å². The molecule has 0 radical (unpaired) electrons. The van der Waals surface area contributed by atoms with Gasteiger partial charge in [-0.2, -0.15) is 0 Å². The molecule has 0 fully saturated rings. The van der Waals surface area contributed by atoms with Gasteiger partial charge in [-0.1, -0.05) is 36.4 Å². The Labute approximate surface area is 94.7 Å². The first-order chi connectivity index (χ1) is 7.77. The Hall–Kier alpha value is -2.03. The van der Waals surface area contributed by atoms with Gasteiger partial charge in [0, 0.05) is 0 Å². The smallest absolute Gasteiger partial charge is 0.0785 e. The predicted molar refractivity (Wildman–Crippen MR) is 67.7 cm³/mol. The largest absolute Gasteiger partial charge is 0.397 e. The minimum absolute atomic E-state index is 0.500. The van der Waals surface area contributed by atoms with E-state index >= 15 is 0 Å². The molecule has 3 heteroatoms. The van der Waals surface area contributed by atoms with Crippen LogP contribution in [0.1, 0.15) is 0 Å². The van der Waals surface area contributed by atoms with Crippen molar-refractivity contribution in [3.05, 3.63) is 48.5 Å². The summed E-state index contributed by atoms with van der Waals surface area (Å²) in [4.78, 5) is 0. The van der Waals surface area contributed by atoms with Gasteiger partial charge in [0.1, 0.15) is 0 Å². The summed E-state index contributed by atoms with van der Waals surface area (Å²) in [6, 6.07) is 15.8. The van der Waals surface area contributed by atoms with Gasteiger partial charge in [0.25, 0.3) is 0 Å². The highest BCUT2D eigenvalue weighted by Crippen LogP contribution is 2.24. The van der Waals surface area contributed by atoms with E-state index in [0.29, 0.717) is 18.6 Å². The Balaban J connectivity index is 0.000000606. The number of anilines is 2. The van der Waals surface area contributed by atoms with Crippen LogP contribution < -0.4 is 11.5 Å². The van der Waals surface area contributed by atoms with Crippen molar-refractivity contribution in [3.8, 4) is 11.1 Å². The molecule has 2 aromatic rings. The van der Waals surface area contributed by atoms with Gasteiger partial charge in [-0.3, -0.25) is 4.39 Å². The van der Waals surface area contributed by atoms with Crippen molar-refractivity contribution in [2.24, 2.45) is 0 Å². The number of alkyl halides is 1. The van der Waals surface area contributed by atoms with E-state index in [2.05, 4.69) is 0 Å². The lowest BCUT2D eigenvalue weighted by atomic mass is 10.0. The number of hydrogen-bond acceptors (Lipinski definition) is 2. The van der Waals surface area contributed by atoms with E-state index in [-0.39, 0.29) is 0 Å². The fourth-order valence-electron chi connectivity index (χ4n) is 1.38. The predicted octanol–water partition coefficient (Wildman–Crippen LogP) is 3.10. The molecule has 84 valence electrons. The van der Waals surface area contributed by atoms with Crippen LogP contribution in [0.15, 0.2) is 48.5 Å². The molecule has 0 atom stereocenters. The maximum absolute atomic E-state index is 9.50. The molecule has 0 amide bonds. The third kappa shape index (κ3) is 2.73. The van der Waals surface area contributed by atoms with Gasteiger partial charge in [-0.25, -0.2) is 0 Å². The molecule has 0 spiro atoms. The van der Waals surface area contributed by atoms with Crippen molar-refractivity contribution >= 4 is 11.4 Å². The number of nitrogens with two attached hydrogens (primary N) is 2. The Morgan fingerprint density at radius 1 is 0.750 bits per heavy atom. The normalized spacial score (nSPS) is 9.12. The van der Waals surface area contributed by atoms with E-state index in [1.165, 1.54) is 0 Å². The average Bonchev–Trinajstić information content (AvgIpc) is 2.36. The van der Waals surface area contributed by atoms with Crippen molar-refractivity contribution < 1.29 is 4.39 Å². The fourth-order valence-corrected chi connectivity index (χ4v) is 1.38. The fraction of sp³-hybridized carbons (Fsp3) is 0.0769. The molecule has 0 aliphatic carbocycles. The van der Waals surface area contributed by atoms with Crippen molar-refractivity contribution in [1.29, 1.82) is 0 Å². The summed E-state index contributed by atoms with van der Waals surface area (Å²) in [5.41, 5.74) is 14.9. The van der Waals surface area contributed by atoms with Crippen LogP contribution in [-0.2, 0) is 0 Å². The van der Waals surface area contributed by atoms with Crippen LogP contribution in [0, 0.1) is 0 Å². The van der Waals surface area contributed by atoms with Crippen LogP contribution >= 0.6 is 0 Å². The highest BCUT2D eigenvalue weighted by molar-refractivity contribution is 5.74. The molecule has 2 rings (SSSR count). The van der Waals surface area contributed by atoms with E-state index in [1.54, 1.807) is 0 Å². The van der Waals surface area contributed by atoms with Crippen LogP contribution in [0.25, 0.3) is 11.1 Å². The number of halogens is 1. The highest BCUT2D eigenvalue weighted by Gasteiger charge is 1.98. The van der Waals surface area contributed by atoms with Crippen LogP contribution in [0.4, 0.5) is 15.8 Å². The first-order valence-corrected chi connectivity index (χ1v) is 4.85. The van der Waals surface area contributed by atoms with Gasteiger partial charge >= 0.3 is 0 Å². The zero-order chi connectivity index (χ0) is 12.0. The van der Waals surface area contributed by atoms with E-state index in [4.69, 9.17) is 11.5 Å². The zero-order valence-electron chi connectivity index (χ0n) is 9.15. The summed E-state index contributed by atoms with van der Waals surface area (Å²) in [7, 11) is 0.500. The van der Waals surface area contributed by atoms with Gasteiger partial charge in [-0.05, 0) is 23.3 Å². The standard InChI is InChI=1S/C12H12N2.CH3F/c13-11-7-6-10(8-12(11)14)9-4-2-1-3-5-9;1-2/h1-8H,13-14H2;1H3. The third-order valence-corrected chi connectivity index (χ3v) is 2.19. The van der Waals surface area contributed by atoms with E-state index in [0.717, 1.165) is 11.1 Å². The molecule has 0 aromatic heterocycles. The molecule has 2 aromatic carbocycles. The molecule has 0 aliphatic rings. The third-order valence-electron chi connectivity index (χ3n) is 2.19. The summed E-state index contributed by atoms with van der Waals surface area (Å²) in [5, 5.41) is 0. The SMILES string of the molecule is CF.Nc1ccc(-c2ccccc2)cc1N. The molecule has 4 N–H and O–H groups in total. The van der Waals surface area contributed by atoms with Crippen LogP contribution in [-0.4, -0.2) is 7.18 Å². The summed E-state index contributed by atoms with van der Waals surface area (Å²) < 4.78 is 9.50. The van der Waals surface area contributed by atoms with Gasteiger partial charge in [0.05, 0.1) is 18.6 Å². The van der Waals surface area contributed by atoms with Crippen molar-refractivity contribution in [3.63, 3.8) is 0 Å². The molecule has 16 heavy (non-hydrogen) atoms. The topological polar surface area (TPSA) is 52.0 Å². The summed E-state index contributed by atoms with van der Waals surface area (Å²) in [6.07, 6.45) is 0. The second kappa shape index (κ2) is 5.75. The van der Waals surface area contributed by atoms with Crippen molar-refractivity contribution in [2.45, 2.75) is 0 Å². The minimum atomic E-state index is 0.500. The van der Waals surface area contributed by atoms with Crippen molar-refractivity contribution in [1.82, 2.24) is 0 Å². The van der Waals surface area contributed by atoms with Crippen LogP contribution in [0.5, 0.6) is 0 Å². The molecule has 0 unspecified atom stereocenters. The number of rotatable bonds is 1. The highest BCUT2D eigenvalue weighted by atomic mass is 19.1. The van der Waals surface area contributed by atoms with Crippen LogP contribution in [0.3, 0.4) is 0 Å². The maximum atomic E-state index is 9.50. The Morgan fingerprint density at radius 2 is 1.38 bits per heavy atom. The lowest BCUT2D eigenvalue weighted by Gasteiger charge is -2.04. The lowest BCUT2D eigenvalue weighted by molar-refractivity contribution is 0.636. The molecule has 2 nitrogen and oxygen atoms in total. The van der Waals surface area contributed by atoms with Gasteiger partial charge in [-0.15, -0.1) is 0 Å². The quantitative estimate of drug-likeness (QED) is 0.722. The minimum Gasteiger partial charge on any atom is -0.397 e. The first-order valence-electron chi connectivity index (χ1n) is 4.85. The number of benzene rings is 2. The summed E-state index contributed by atoms with van der Waals surface area (Å²) >= 11 is 0. The molecule has 0 heterocycles. The van der Waals surface area contributed by atoms with E-state index in [1.807, 2.05) is 48.5 Å². The van der Waals surface area contributed by atoms with Gasteiger partial charge in [0.15, 0.2) is 0 Å². The van der Waals surface area contributed by atoms with E-state index < -0.39 is 0 Å². The Morgan fingerprint density at radius 3 is 1.94 bits per heavy atom. The number of hydrogen-bond donors (Lipinski definition) is 2. The molecule has 0 saturated carbocycles. The maximum Gasteiger partial charge on any atom is 0.0785 e. The number of nitrogen functional groups attached to an aromatic ring is 2. The first kappa shape index (κ1) is 12.0. The zero-order valence-corrected chi connectivity index (χ0v) is 9.15.